The predicted molar refractivity (Wildman–Crippen MR) is 71.9 cm³/mol. The summed E-state index contributed by atoms with van der Waals surface area (Å²) in [5.41, 5.74) is 6.49. The first-order valence-corrected chi connectivity index (χ1v) is 7.13. The maximum absolute atomic E-state index is 12.1. The van der Waals surface area contributed by atoms with Gasteiger partial charge in [-0.1, -0.05) is 12.1 Å². The number of nitrogens with one attached hydrogen (secondary N) is 1. The molecule has 7 heteroatoms. The zero-order valence-corrected chi connectivity index (χ0v) is 11.1. The molecule has 0 bridgehead atoms. The lowest BCUT2D eigenvalue weighted by molar-refractivity contribution is 0.600. The lowest BCUT2D eigenvalue weighted by Crippen LogP contribution is -2.15. The van der Waals surface area contributed by atoms with Crippen molar-refractivity contribution in [1.29, 1.82) is 0 Å². The van der Waals surface area contributed by atoms with Crippen molar-refractivity contribution in [1.82, 2.24) is 9.97 Å². The molecule has 19 heavy (non-hydrogen) atoms. The van der Waals surface area contributed by atoms with Crippen LogP contribution in [0.25, 0.3) is 0 Å². The van der Waals surface area contributed by atoms with Crippen LogP contribution in [0.5, 0.6) is 0 Å². The van der Waals surface area contributed by atoms with Gasteiger partial charge in [0.05, 0.1) is 4.90 Å². The molecule has 1 aromatic carbocycles. The molecule has 6 nitrogen and oxygen atoms in total. The maximum Gasteiger partial charge on any atom is 0.264 e. The van der Waals surface area contributed by atoms with Crippen LogP contribution in [0.1, 0.15) is 18.5 Å². The monoisotopic (exact) mass is 278 g/mol. The van der Waals surface area contributed by atoms with Crippen LogP contribution in [-0.2, 0) is 10.0 Å². The highest BCUT2D eigenvalue weighted by Crippen LogP contribution is 2.17. The van der Waals surface area contributed by atoms with Crippen LogP contribution in [-0.4, -0.2) is 18.4 Å². The summed E-state index contributed by atoms with van der Waals surface area (Å²) in [7, 11) is -3.70. The first-order valence-electron chi connectivity index (χ1n) is 5.64. The minimum Gasteiger partial charge on any atom is -0.324 e. The van der Waals surface area contributed by atoms with E-state index >= 15 is 0 Å². The highest BCUT2D eigenvalue weighted by atomic mass is 32.2. The number of nitrogens with zero attached hydrogens (tertiary/aromatic N) is 2. The van der Waals surface area contributed by atoms with Crippen molar-refractivity contribution < 1.29 is 8.42 Å². The highest BCUT2D eigenvalue weighted by Gasteiger charge is 2.16. The fraction of sp³-hybridized carbons (Fsp3) is 0.167. The molecule has 0 aliphatic rings. The topological polar surface area (TPSA) is 98.0 Å². The molecule has 100 valence electrons. The van der Waals surface area contributed by atoms with Gasteiger partial charge in [-0.25, -0.2) is 23.1 Å². The van der Waals surface area contributed by atoms with E-state index in [0.29, 0.717) is 0 Å². The molecule has 0 amide bonds. The van der Waals surface area contributed by atoms with E-state index in [2.05, 4.69) is 14.7 Å². The Morgan fingerprint density at radius 1 is 1.21 bits per heavy atom. The Morgan fingerprint density at radius 2 is 1.89 bits per heavy atom. The summed E-state index contributed by atoms with van der Waals surface area (Å²) >= 11 is 0. The number of nitrogens with two attached hydrogens (primary N) is 1. The van der Waals surface area contributed by atoms with Crippen LogP contribution in [0, 0.1) is 0 Å². The fourth-order valence-corrected chi connectivity index (χ4v) is 2.51. The van der Waals surface area contributed by atoms with Gasteiger partial charge >= 0.3 is 0 Å². The van der Waals surface area contributed by atoms with Crippen LogP contribution < -0.4 is 10.5 Å². The molecule has 2 rings (SSSR count). The number of benzene rings is 1. The second kappa shape index (κ2) is 5.33. The van der Waals surface area contributed by atoms with Crippen LogP contribution in [0.4, 0.5) is 5.95 Å². The van der Waals surface area contributed by atoms with E-state index in [4.69, 9.17) is 5.73 Å². The highest BCUT2D eigenvalue weighted by molar-refractivity contribution is 7.92. The third kappa shape index (κ3) is 3.27. The quantitative estimate of drug-likeness (QED) is 0.878. The van der Waals surface area contributed by atoms with E-state index in [9.17, 15) is 8.42 Å². The first-order chi connectivity index (χ1) is 8.99. The Kier molecular flexibility index (Phi) is 3.77. The van der Waals surface area contributed by atoms with Crippen molar-refractivity contribution in [3.05, 3.63) is 48.3 Å². The van der Waals surface area contributed by atoms with E-state index in [-0.39, 0.29) is 16.9 Å². The molecule has 2 aromatic rings. The van der Waals surface area contributed by atoms with E-state index in [1.807, 2.05) is 0 Å². The number of hydrogen-bond donors (Lipinski definition) is 2. The van der Waals surface area contributed by atoms with E-state index in [1.165, 1.54) is 24.5 Å². The van der Waals surface area contributed by atoms with Crippen molar-refractivity contribution in [3.63, 3.8) is 0 Å². The second-order valence-electron chi connectivity index (χ2n) is 4.04. The molecule has 0 spiro atoms. The van der Waals surface area contributed by atoms with Crippen molar-refractivity contribution >= 4 is 16.0 Å². The minimum absolute atomic E-state index is 0.0358. The molecule has 0 saturated carbocycles. The summed E-state index contributed by atoms with van der Waals surface area (Å²) in [5, 5.41) is 0. The van der Waals surface area contributed by atoms with Crippen molar-refractivity contribution in [2.24, 2.45) is 5.73 Å². The van der Waals surface area contributed by atoms with Gasteiger partial charge in [0.2, 0.25) is 5.95 Å². The normalized spacial score (nSPS) is 12.9. The van der Waals surface area contributed by atoms with Crippen LogP contribution >= 0.6 is 0 Å². The summed E-state index contributed by atoms with van der Waals surface area (Å²) in [6.07, 6.45) is 2.92. The average molecular weight is 278 g/mol. The Balaban J connectivity index is 2.32. The van der Waals surface area contributed by atoms with Crippen LogP contribution in [0.2, 0.25) is 0 Å². The van der Waals surface area contributed by atoms with Gasteiger partial charge in [-0.2, -0.15) is 0 Å². The van der Waals surface area contributed by atoms with Gasteiger partial charge in [-0.3, -0.25) is 0 Å². The van der Waals surface area contributed by atoms with Gasteiger partial charge in [0.1, 0.15) is 0 Å². The first kappa shape index (κ1) is 13.4. The molecule has 0 fully saturated rings. The second-order valence-corrected chi connectivity index (χ2v) is 5.72. The number of anilines is 1. The van der Waals surface area contributed by atoms with Gasteiger partial charge in [0.15, 0.2) is 0 Å². The SMILES string of the molecule is CC(N)c1cccc(S(=O)(=O)Nc2ncccn2)c1. The van der Waals surface area contributed by atoms with Gasteiger partial charge in [-0.05, 0) is 30.7 Å². The minimum atomic E-state index is -3.70. The van der Waals surface area contributed by atoms with E-state index in [1.54, 1.807) is 25.1 Å². The molecule has 0 radical (unpaired) electrons. The molecule has 0 aliphatic carbocycles. The predicted octanol–water partition coefficient (Wildman–Crippen LogP) is 1.30. The summed E-state index contributed by atoms with van der Waals surface area (Å²) in [6.45, 7) is 1.79. The van der Waals surface area contributed by atoms with Gasteiger partial charge in [0.25, 0.3) is 10.0 Å². The van der Waals surface area contributed by atoms with Gasteiger partial charge in [0, 0.05) is 18.4 Å². The summed E-state index contributed by atoms with van der Waals surface area (Å²) in [6, 6.07) is 7.84. The number of rotatable bonds is 4. The van der Waals surface area contributed by atoms with Crippen molar-refractivity contribution in [3.8, 4) is 0 Å². The standard InChI is InChI=1S/C12H14N4O2S/c1-9(13)10-4-2-5-11(8-10)19(17,18)16-12-14-6-3-7-15-12/h2-9H,13H2,1H3,(H,14,15,16). The lowest BCUT2D eigenvalue weighted by Gasteiger charge is -2.09. The molecular weight excluding hydrogens is 264 g/mol. The number of hydrogen-bond acceptors (Lipinski definition) is 5. The molecule has 1 unspecified atom stereocenters. The van der Waals surface area contributed by atoms with E-state index in [0.717, 1.165) is 5.56 Å². The molecule has 1 heterocycles. The molecule has 0 saturated heterocycles. The average Bonchev–Trinajstić information content (AvgIpc) is 2.39. The molecule has 0 aliphatic heterocycles. The van der Waals surface area contributed by atoms with Crippen molar-refractivity contribution in [2.75, 3.05) is 4.72 Å². The largest absolute Gasteiger partial charge is 0.324 e. The van der Waals surface area contributed by atoms with E-state index < -0.39 is 10.0 Å². The maximum atomic E-state index is 12.1. The Hall–Kier alpha value is -1.99. The Bertz CT molecular complexity index is 656. The smallest absolute Gasteiger partial charge is 0.264 e. The van der Waals surface area contributed by atoms with Gasteiger partial charge < -0.3 is 5.73 Å². The lowest BCUT2D eigenvalue weighted by atomic mass is 10.1. The zero-order valence-electron chi connectivity index (χ0n) is 10.3. The molecule has 1 aromatic heterocycles. The molecule has 1 atom stereocenters. The Labute approximate surface area is 111 Å². The third-order valence-electron chi connectivity index (χ3n) is 2.49. The third-order valence-corrected chi connectivity index (χ3v) is 3.81. The number of sulfonamides is 1. The summed E-state index contributed by atoms with van der Waals surface area (Å²) in [4.78, 5) is 7.78. The van der Waals surface area contributed by atoms with Crippen LogP contribution in [0.15, 0.2) is 47.6 Å². The number of aromatic nitrogens is 2. The van der Waals surface area contributed by atoms with Gasteiger partial charge in [-0.15, -0.1) is 0 Å². The molecular formula is C12H14N4O2S. The molecule has 3 N–H and O–H groups in total. The van der Waals surface area contributed by atoms with Crippen molar-refractivity contribution in [2.45, 2.75) is 17.9 Å². The summed E-state index contributed by atoms with van der Waals surface area (Å²) in [5.74, 6) is 0.0358. The Morgan fingerprint density at radius 3 is 2.53 bits per heavy atom. The fourth-order valence-electron chi connectivity index (χ4n) is 1.50. The zero-order chi connectivity index (χ0) is 13.9. The summed E-state index contributed by atoms with van der Waals surface area (Å²) < 4.78 is 26.6. The van der Waals surface area contributed by atoms with Crippen LogP contribution in [0.3, 0.4) is 0 Å².